The van der Waals surface area contributed by atoms with Crippen LogP contribution < -0.4 is 11.1 Å². The van der Waals surface area contributed by atoms with E-state index in [0.717, 1.165) is 18.8 Å². The second-order valence-electron chi connectivity index (χ2n) is 4.71. The molecule has 0 aromatic heterocycles. The highest BCUT2D eigenvalue weighted by molar-refractivity contribution is 5.92. The molecule has 5 nitrogen and oxygen atoms in total. The topological polar surface area (TPSA) is 61.6 Å². The van der Waals surface area contributed by atoms with Crippen LogP contribution in [0.25, 0.3) is 0 Å². The Morgan fingerprint density at radius 2 is 1.78 bits per heavy atom. The average Bonchev–Trinajstić information content (AvgIpc) is 2.29. The van der Waals surface area contributed by atoms with Crippen LogP contribution >= 0.6 is 0 Å². The molecule has 1 amide bonds. The van der Waals surface area contributed by atoms with Gasteiger partial charge in [-0.05, 0) is 45.4 Å². The summed E-state index contributed by atoms with van der Waals surface area (Å²) in [5.74, 6) is -0.0129. The molecule has 0 unspecified atom stereocenters. The first-order valence-corrected chi connectivity index (χ1v) is 5.96. The third-order valence-corrected chi connectivity index (χ3v) is 2.54. The number of carbonyl (C=O) groups excluding carboxylic acids is 1. The maximum absolute atomic E-state index is 11.8. The number of rotatable bonds is 6. The molecule has 1 aromatic rings. The molecule has 5 heteroatoms. The lowest BCUT2D eigenvalue weighted by Gasteiger charge is -2.18. The van der Waals surface area contributed by atoms with Crippen molar-refractivity contribution in [3.8, 4) is 0 Å². The number of nitrogen functional groups attached to an aromatic ring is 1. The van der Waals surface area contributed by atoms with Crippen LogP contribution in [0.1, 0.15) is 0 Å². The number of nitrogens with two attached hydrogens (primary N) is 1. The van der Waals surface area contributed by atoms with Gasteiger partial charge in [-0.1, -0.05) is 0 Å². The second-order valence-corrected chi connectivity index (χ2v) is 4.71. The van der Waals surface area contributed by atoms with Crippen LogP contribution in [-0.4, -0.2) is 56.5 Å². The van der Waals surface area contributed by atoms with Crippen LogP contribution in [0.4, 0.5) is 11.4 Å². The summed E-state index contributed by atoms with van der Waals surface area (Å²) < 4.78 is 0. The van der Waals surface area contributed by atoms with Crippen LogP contribution in [0.3, 0.4) is 0 Å². The minimum Gasteiger partial charge on any atom is -0.399 e. The largest absolute Gasteiger partial charge is 0.399 e. The molecule has 0 bridgehead atoms. The molecule has 3 N–H and O–H groups in total. The lowest BCUT2D eigenvalue weighted by atomic mass is 10.3. The first-order chi connectivity index (χ1) is 8.47. The van der Waals surface area contributed by atoms with Crippen molar-refractivity contribution in [3.63, 3.8) is 0 Å². The van der Waals surface area contributed by atoms with Gasteiger partial charge in [0.15, 0.2) is 0 Å². The van der Waals surface area contributed by atoms with E-state index in [1.54, 1.807) is 24.3 Å². The number of nitrogens with one attached hydrogen (secondary N) is 1. The van der Waals surface area contributed by atoms with Crippen molar-refractivity contribution in [1.29, 1.82) is 0 Å². The number of nitrogens with zero attached hydrogens (tertiary/aromatic N) is 2. The van der Waals surface area contributed by atoms with Crippen LogP contribution in [0.15, 0.2) is 24.3 Å². The lowest BCUT2D eigenvalue weighted by molar-refractivity contribution is -0.117. The molecule has 0 aliphatic rings. The lowest BCUT2D eigenvalue weighted by Crippen LogP contribution is -2.34. The molecule has 100 valence electrons. The molecule has 0 saturated carbocycles. The highest BCUT2D eigenvalue weighted by Crippen LogP contribution is 2.10. The molecule has 0 aliphatic carbocycles. The number of hydrogen-bond donors (Lipinski definition) is 2. The fraction of sp³-hybridized carbons (Fsp3) is 0.462. The maximum atomic E-state index is 11.8. The monoisotopic (exact) mass is 250 g/mol. The van der Waals surface area contributed by atoms with Gasteiger partial charge in [-0.3, -0.25) is 9.69 Å². The molecule has 0 heterocycles. The highest BCUT2D eigenvalue weighted by Gasteiger charge is 2.06. The van der Waals surface area contributed by atoms with Gasteiger partial charge < -0.3 is 16.0 Å². The number of carbonyl (C=O) groups is 1. The normalized spacial score (nSPS) is 10.9. The molecule has 0 aliphatic heterocycles. The zero-order valence-corrected chi connectivity index (χ0v) is 11.3. The Balaban J connectivity index is 2.34. The Bertz CT molecular complexity index is 375. The fourth-order valence-electron chi connectivity index (χ4n) is 1.46. The first kappa shape index (κ1) is 14.5. The van der Waals surface area contributed by atoms with Crippen molar-refractivity contribution in [2.24, 2.45) is 0 Å². The summed E-state index contributed by atoms with van der Waals surface area (Å²) in [7, 11) is 5.97. The third kappa shape index (κ3) is 5.65. The molecule has 1 rings (SSSR count). The molecular formula is C13H22N4O. The van der Waals surface area contributed by atoms with E-state index in [0.29, 0.717) is 12.2 Å². The van der Waals surface area contributed by atoms with Crippen LogP contribution in [-0.2, 0) is 4.79 Å². The maximum Gasteiger partial charge on any atom is 0.238 e. The summed E-state index contributed by atoms with van der Waals surface area (Å²) in [5, 5.41) is 2.84. The highest BCUT2D eigenvalue weighted by atomic mass is 16.2. The van der Waals surface area contributed by atoms with Crippen LogP contribution in [0.5, 0.6) is 0 Å². The molecular weight excluding hydrogens is 228 g/mol. The smallest absolute Gasteiger partial charge is 0.238 e. The van der Waals surface area contributed by atoms with E-state index in [4.69, 9.17) is 5.73 Å². The Kier molecular flexibility index (Phi) is 5.61. The van der Waals surface area contributed by atoms with E-state index in [-0.39, 0.29) is 5.91 Å². The van der Waals surface area contributed by atoms with Gasteiger partial charge in [0.1, 0.15) is 0 Å². The summed E-state index contributed by atoms with van der Waals surface area (Å²) in [4.78, 5) is 15.8. The van der Waals surface area contributed by atoms with Gasteiger partial charge >= 0.3 is 0 Å². The van der Waals surface area contributed by atoms with Gasteiger partial charge in [-0.2, -0.15) is 0 Å². The van der Waals surface area contributed by atoms with Crippen molar-refractivity contribution in [1.82, 2.24) is 9.80 Å². The summed E-state index contributed by atoms with van der Waals surface area (Å²) >= 11 is 0. The minimum absolute atomic E-state index is 0.0129. The SMILES string of the molecule is CN(C)CCN(C)CC(=O)Nc1ccc(N)cc1. The predicted octanol–water partition coefficient (Wildman–Crippen LogP) is 0.701. The van der Waals surface area contributed by atoms with E-state index in [2.05, 4.69) is 10.2 Å². The number of likely N-dealkylation sites (N-methyl/N-ethyl adjacent to an activating group) is 2. The summed E-state index contributed by atoms with van der Waals surface area (Å²) in [5.41, 5.74) is 7.04. The second kappa shape index (κ2) is 6.98. The van der Waals surface area contributed by atoms with Gasteiger partial charge in [0.05, 0.1) is 6.54 Å². The first-order valence-electron chi connectivity index (χ1n) is 5.96. The van der Waals surface area contributed by atoms with E-state index < -0.39 is 0 Å². The Labute approximate surface area is 109 Å². The van der Waals surface area contributed by atoms with Gasteiger partial charge in [0.2, 0.25) is 5.91 Å². The van der Waals surface area contributed by atoms with Crippen molar-refractivity contribution in [2.45, 2.75) is 0 Å². The minimum atomic E-state index is -0.0129. The molecule has 1 aromatic carbocycles. The average molecular weight is 250 g/mol. The van der Waals surface area contributed by atoms with Crippen LogP contribution in [0.2, 0.25) is 0 Å². The number of amides is 1. The number of anilines is 2. The van der Waals surface area contributed by atoms with E-state index >= 15 is 0 Å². The fourth-order valence-corrected chi connectivity index (χ4v) is 1.46. The van der Waals surface area contributed by atoms with E-state index in [1.165, 1.54) is 0 Å². The Hall–Kier alpha value is -1.59. The van der Waals surface area contributed by atoms with Gasteiger partial charge in [0, 0.05) is 24.5 Å². The quantitative estimate of drug-likeness (QED) is 0.730. The van der Waals surface area contributed by atoms with Gasteiger partial charge in [0.25, 0.3) is 0 Å². The molecule has 0 atom stereocenters. The molecule has 0 radical (unpaired) electrons. The zero-order chi connectivity index (χ0) is 13.5. The van der Waals surface area contributed by atoms with Crippen molar-refractivity contribution in [3.05, 3.63) is 24.3 Å². The Morgan fingerprint density at radius 1 is 1.17 bits per heavy atom. The number of benzene rings is 1. The molecule has 18 heavy (non-hydrogen) atoms. The third-order valence-electron chi connectivity index (χ3n) is 2.54. The zero-order valence-electron chi connectivity index (χ0n) is 11.3. The molecule has 0 fully saturated rings. The van der Waals surface area contributed by atoms with Gasteiger partial charge in [-0.25, -0.2) is 0 Å². The van der Waals surface area contributed by atoms with Crippen LogP contribution in [0, 0.1) is 0 Å². The van der Waals surface area contributed by atoms with Crippen molar-refractivity contribution >= 4 is 17.3 Å². The summed E-state index contributed by atoms with van der Waals surface area (Å²) in [6.45, 7) is 2.19. The van der Waals surface area contributed by atoms with Crippen molar-refractivity contribution in [2.75, 3.05) is 51.8 Å². The summed E-state index contributed by atoms with van der Waals surface area (Å²) in [6, 6.07) is 7.14. The summed E-state index contributed by atoms with van der Waals surface area (Å²) in [6.07, 6.45) is 0. The predicted molar refractivity (Wildman–Crippen MR) is 75.5 cm³/mol. The van der Waals surface area contributed by atoms with E-state index in [1.807, 2.05) is 26.0 Å². The van der Waals surface area contributed by atoms with Gasteiger partial charge in [-0.15, -0.1) is 0 Å². The Morgan fingerprint density at radius 3 is 2.33 bits per heavy atom. The van der Waals surface area contributed by atoms with E-state index in [9.17, 15) is 4.79 Å². The molecule has 0 saturated heterocycles. The molecule has 0 spiro atoms. The standard InChI is InChI=1S/C13H22N4O/c1-16(2)8-9-17(3)10-13(18)15-12-6-4-11(14)5-7-12/h4-7H,8-10,14H2,1-3H3,(H,15,18). The number of hydrogen-bond acceptors (Lipinski definition) is 4. The van der Waals surface area contributed by atoms with Crippen molar-refractivity contribution < 1.29 is 4.79 Å².